The highest BCUT2D eigenvalue weighted by Gasteiger charge is 2.25. The van der Waals surface area contributed by atoms with Crippen molar-refractivity contribution in [1.82, 2.24) is 0 Å². The van der Waals surface area contributed by atoms with E-state index >= 15 is 0 Å². The Morgan fingerprint density at radius 1 is 1.21 bits per heavy atom. The number of ketones is 1. The van der Waals surface area contributed by atoms with Crippen molar-refractivity contribution in [3.8, 4) is 10.4 Å². The van der Waals surface area contributed by atoms with Crippen molar-refractivity contribution in [3.63, 3.8) is 0 Å². The van der Waals surface area contributed by atoms with Crippen LogP contribution >= 0.6 is 22.9 Å². The highest BCUT2D eigenvalue weighted by atomic mass is 35.5. The molecule has 0 radical (unpaired) electrons. The topological polar surface area (TPSA) is 50.4 Å². The van der Waals surface area contributed by atoms with Crippen LogP contribution in [-0.2, 0) is 6.61 Å². The minimum atomic E-state index is -0.201. The molecule has 5 heteroatoms. The first-order valence-electron chi connectivity index (χ1n) is 7.52. The maximum Gasteiger partial charge on any atom is 0.194 e. The minimum Gasteiger partial charge on any atom is -0.466 e. The predicted molar refractivity (Wildman–Crippen MR) is 97.0 cm³/mol. The van der Waals surface area contributed by atoms with Crippen molar-refractivity contribution in [3.05, 3.63) is 68.4 Å². The number of aliphatic hydroxyl groups excluding tert-OH is 1. The molecule has 0 saturated heterocycles. The van der Waals surface area contributed by atoms with Crippen LogP contribution in [0.4, 0.5) is 0 Å². The third-order valence-electron chi connectivity index (χ3n) is 4.14. The summed E-state index contributed by atoms with van der Waals surface area (Å²) in [5, 5.41) is 10.2. The number of aliphatic hydroxyl groups is 1. The Labute approximate surface area is 149 Å². The maximum atomic E-state index is 13.1. The van der Waals surface area contributed by atoms with Crippen LogP contribution in [0.5, 0.6) is 0 Å². The molecular formula is C19H17ClO3S. The largest absolute Gasteiger partial charge is 0.466 e. The van der Waals surface area contributed by atoms with E-state index in [2.05, 4.69) is 0 Å². The van der Waals surface area contributed by atoms with Crippen molar-refractivity contribution in [2.24, 2.45) is 0 Å². The smallest absolute Gasteiger partial charge is 0.194 e. The molecule has 0 unspecified atom stereocenters. The third-order valence-corrected chi connectivity index (χ3v) is 5.62. The average molecular weight is 361 g/mol. The number of carbonyl (C=O) groups is 1. The van der Waals surface area contributed by atoms with Gasteiger partial charge in [-0.25, -0.2) is 0 Å². The average Bonchev–Trinajstić information content (AvgIpc) is 3.07. The lowest BCUT2D eigenvalue weighted by atomic mass is 9.96. The third kappa shape index (κ3) is 2.81. The van der Waals surface area contributed by atoms with Gasteiger partial charge in [-0.15, -0.1) is 11.3 Å². The van der Waals surface area contributed by atoms with E-state index in [1.165, 1.54) is 0 Å². The van der Waals surface area contributed by atoms with E-state index in [1.807, 2.05) is 20.8 Å². The molecular weight excluding hydrogens is 344 g/mol. The van der Waals surface area contributed by atoms with Crippen LogP contribution in [0, 0.1) is 20.8 Å². The Bertz CT molecular complexity index is 904. The highest BCUT2D eigenvalue weighted by molar-refractivity contribution is 7.16. The van der Waals surface area contributed by atoms with Gasteiger partial charge in [-0.3, -0.25) is 4.79 Å². The maximum absolute atomic E-state index is 13.1. The lowest BCUT2D eigenvalue weighted by Gasteiger charge is -2.07. The van der Waals surface area contributed by atoms with Gasteiger partial charge in [0.2, 0.25) is 0 Å². The van der Waals surface area contributed by atoms with Crippen molar-refractivity contribution < 1.29 is 14.3 Å². The second-order valence-corrected chi connectivity index (χ2v) is 7.36. The summed E-state index contributed by atoms with van der Waals surface area (Å²) in [6, 6.07) is 6.89. The normalized spacial score (nSPS) is 11.0. The quantitative estimate of drug-likeness (QED) is 0.641. The molecule has 1 aromatic carbocycles. The molecule has 2 heterocycles. The molecule has 0 aliphatic rings. The number of thiophene rings is 1. The predicted octanol–water partition coefficient (Wildman–Crippen LogP) is 5.31. The number of rotatable bonds is 4. The lowest BCUT2D eigenvalue weighted by Crippen LogP contribution is -2.04. The zero-order valence-electron chi connectivity index (χ0n) is 13.6. The Morgan fingerprint density at radius 2 is 1.88 bits per heavy atom. The molecule has 3 nitrogen and oxygen atoms in total. The van der Waals surface area contributed by atoms with Gasteiger partial charge in [-0.05, 0) is 56.2 Å². The van der Waals surface area contributed by atoms with Gasteiger partial charge in [0.1, 0.15) is 12.4 Å². The Kier molecular flexibility index (Phi) is 4.63. The summed E-state index contributed by atoms with van der Waals surface area (Å²) in [5.41, 5.74) is 3.94. The van der Waals surface area contributed by atoms with E-state index in [-0.39, 0.29) is 12.4 Å². The molecule has 1 N–H and O–H groups in total. The molecule has 3 rings (SSSR count). The molecule has 0 saturated carbocycles. The summed E-state index contributed by atoms with van der Waals surface area (Å²) >= 11 is 7.47. The molecule has 0 spiro atoms. The number of hydrogen-bond acceptors (Lipinski definition) is 4. The molecule has 0 fully saturated rings. The number of benzene rings is 1. The number of carbonyl (C=O) groups excluding carboxylic acids is 1. The molecule has 0 atom stereocenters. The van der Waals surface area contributed by atoms with Crippen LogP contribution < -0.4 is 0 Å². The van der Waals surface area contributed by atoms with Gasteiger partial charge in [0.25, 0.3) is 0 Å². The number of halogens is 1. The van der Waals surface area contributed by atoms with Crippen LogP contribution in [0.1, 0.15) is 37.7 Å². The molecule has 0 bridgehead atoms. The van der Waals surface area contributed by atoms with Crippen LogP contribution in [0.25, 0.3) is 10.4 Å². The van der Waals surface area contributed by atoms with Crippen molar-refractivity contribution in [2.75, 3.05) is 0 Å². The summed E-state index contributed by atoms with van der Waals surface area (Å²) in [6.45, 7) is 5.66. The van der Waals surface area contributed by atoms with E-state index in [0.717, 1.165) is 26.4 Å². The van der Waals surface area contributed by atoms with Gasteiger partial charge in [0, 0.05) is 31.5 Å². The van der Waals surface area contributed by atoms with E-state index < -0.39 is 0 Å². The molecule has 3 aromatic rings. The molecule has 0 aliphatic heterocycles. The van der Waals surface area contributed by atoms with Gasteiger partial charge in [-0.1, -0.05) is 11.6 Å². The van der Waals surface area contributed by atoms with E-state index in [9.17, 15) is 9.90 Å². The summed E-state index contributed by atoms with van der Waals surface area (Å²) in [7, 11) is 0. The second-order valence-electron chi connectivity index (χ2n) is 5.70. The first-order chi connectivity index (χ1) is 11.4. The molecule has 0 aliphatic carbocycles. The molecule has 0 amide bonds. The highest BCUT2D eigenvalue weighted by Crippen LogP contribution is 2.41. The molecule has 124 valence electrons. The first kappa shape index (κ1) is 17.0. The zero-order chi connectivity index (χ0) is 17.4. The minimum absolute atomic E-state index is 0.0481. The Hall–Kier alpha value is -1.88. The number of hydrogen-bond donors (Lipinski definition) is 1. The van der Waals surface area contributed by atoms with Gasteiger partial charge < -0.3 is 9.52 Å². The van der Waals surface area contributed by atoms with Crippen molar-refractivity contribution in [1.29, 1.82) is 0 Å². The molecule has 2 aromatic heterocycles. The standard InChI is InChI=1S/C19H17ClO3S/c1-10-9-23-15(8-21)16(10)19-17(11(2)12(3)24-19)18(22)13-4-6-14(20)7-5-13/h4-7,9,21H,8H2,1-3H3. The zero-order valence-corrected chi connectivity index (χ0v) is 15.2. The summed E-state index contributed by atoms with van der Waals surface area (Å²) in [4.78, 5) is 15.0. The summed E-state index contributed by atoms with van der Waals surface area (Å²) in [5.74, 6) is 0.437. The first-order valence-corrected chi connectivity index (χ1v) is 8.72. The summed E-state index contributed by atoms with van der Waals surface area (Å²) < 4.78 is 5.43. The van der Waals surface area contributed by atoms with Crippen LogP contribution in [0.2, 0.25) is 5.02 Å². The van der Waals surface area contributed by atoms with E-state index in [0.29, 0.717) is 21.9 Å². The van der Waals surface area contributed by atoms with Crippen molar-refractivity contribution in [2.45, 2.75) is 27.4 Å². The molecule has 24 heavy (non-hydrogen) atoms. The fraction of sp³-hybridized carbons (Fsp3) is 0.211. The van der Waals surface area contributed by atoms with Crippen LogP contribution in [0.15, 0.2) is 34.9 Å². The Morgan fingerprint density at radius 3 is 2.50 bits per heavy atom. The van der Waals surface area contributed by atoms with Gasteiger partial charge in [0.15, 0.2) is 5.78 Å². The van der Waals surface area contributed by atoms with Crippen molar-refractivity contribution >= 4 is 28.7 Å². The fourth-order valence-corrected chi connectivity index (χ4v) is 4.15. The number of aryl methyl sites for hydroxylation is 2. The lowest BCUT2D eigenvalue weighted by molar-refractivity contribution is 0.103. The fourth-order valence-electron chi connectivity index (χ4n) is 2.74. The van der Waals surface area contributed by atoms with Gasteiger partial charge >= 0.3 is 0 Å². The Balaban J connectivity index is 2.20. The number of furan rings is 1. The van der Waals surface area contributed by atoms with Crippen LogP contribution in [0.3, 0.4) is 0 Å². The summed E-state index contributed by atoms with van der Waals surface area (Å²) in [6.07, 6.45) is 1.61. The van der Waals surface area contributed by atoms with E-state index in [1.54, 1.807) is 41.9 Å². The van der Waals surface area contributed by atoms with Gasteiger partial charge in [-0.2, -0.15) is 0 Å². The second kappa shape index (κ2) is 6.55. The van der Waals surface area contributed by atoms with Gasteiger partial charge in [0.05, 0.1) is 6.26 Å². The SMILES string of the molecule is Cc1coc(CO)c1-c1sc(C)c(C)c1C(=O)c1ccc(Cl)cc1. The van der Waals surface area contributed by atoms with E-state index in [4.69, 9.17) is 16.0 Å². The van der Waals surface area contributed by atoms with Crippen LogP contribution in [-0.4, -0.2) is 10.9 Å². The monoisotopic (exact) mass is 360 g/mol.